The third kappa shape index (κ3) is 1.89. The molecule has 1 saturated heterocycles. The van der Waals surface area contributed by atoms with Gasteiger partial charge in [0.05, 0.1) is 11.6 Å². The van der Waals surface area contributed by atoms with Crippen molar-refractivity contribution in [2.75, 3.05) is 6.54 Å². The second-order valence-corrected chi connectivity index (χ2v) is 4.85. The van der Waals surface area contributed by atoms with E-state index in [-0.39, 0.29) is 6.04 Å². The van der Waals surface area contributed by atoms with Gasteiger partial charge < -0.3 is 4.90 Å². The zero-order valence-electron chi connectivity index (χ0n) is 9.87. The lowest BCUT2D eigenvalue weighted by atomic mass is 10.0. The third-order valence-corrected chi connectivity index (χ3v) is 3.79. The van der Waals surface area contributed by atoms with E-state index >= 15 is 0 Å². The van der Waals surface area contributed by atoms with Gasteiger partial charge in [-0.2, -0.15) is 13.2 Å². The van der Waals surface area contributed by atoms with Gasteiger partial charge in [-0.1, -0.05) is 18.2 Å². The molecule has 96 valence electrons. The van der Waals surface area contributed by atoms with E-state index < -0.39 is 11.7 Å². The Morgan fingerprint density at radius 2 is 1.83 bits per heavy atom. The molecule has 0 amide bonds. The van der Waals surface area contributed by atoms with E-state index in [0.29, 0.717) is 0 Å². The molecular formula is C14H14F3N. The summed E-state index contributed by atoms with van der Waals surface area (Å²) in [5.74, 6) is 0. The van der Waals surface area contributed by atoms with Crippen molar-refractivity contribution in [2.24, 2.45) is 0 Å². The molecule has 1 aromatic carbocycles. The first kappa shape index (κ1) is 11.6. The molecule has 0 aliphatic carbocycles. The van der Waals surface area contributed by atoms with E-state index in [1.54, 1.807) is 12.1 Å². The Kier molecular flexibility index (Phi) is 2.61. The number of hydrogen-bond donors (Lipinski definition) is 0. The number of benzene rings is 1. The van der Waals surface area contributed by atoms with Crippen LogP contribution in [0.5, 0.6) is 0 Å². The zero-order chi connectivity index (χ0) is 12.8. The molecule has 0 N–H and O–H groups in total. The van der Waals surface area contributed by atoms with Crippen LogP contribution in [0.2, 0.25) is 0 Å². The molecule has 0 radical (unpaired) electrons. The predicted octanol–water partition coefficient (Wildman–Crippen LogP) is 4.13. The van der Waals surface area contributed by atoms with E-state index in [2.05, 4.69) is 11.0 Å². The van der Waals surface area contributed by atoms with Gasteiger partial charge in [-0.15, -0.1) is 0 Å². The van der Waals surface area contributed by atoms with Crippen LogP contribution < -0.4 is 0 Å². The molecule has 2 aliphatic rings. The molecule has 1 atom stereocenters. The van der Waals surface area contributed by atoms with Crippen molar-refractivity contribution in [3.8, 4) is 0 Å². The molecule has 1 fully saturated rings. The van der Waals surface area contributed by atoms with Crippen LogP contribution >= 0.6 is 0 Å². The van der Waals surface area contributed by atoms with Gasteiger partial charge in [0, 0.05) is 12.2 Å². The number of allylic oxidation sites excluding steroid dienone is 1. The Morgan fingerprint density at radius 1 is 1.11 bits per heavy atom. The van der Waals surface area contributed by atoms with Crippen molar-refractivity contribution in [3.05, 3.63) is 47.2 Å². The highest BCUT2D eigenvalue weighted by Gasteiger charge is 2.33. The van der Waals surface area contributed by atoms with Gasteiger partial charge in [0.15, 0.2) is 0 Å². The molecule has 0 bridgehead atoms. The first-order valence-corrected chi connectivity index (χ1v) is 6.18. The van der Waals surface area contributed by atoms with Crippen LogP contribution in [0.1, 0.15) is 36.4 Å². The summed E-state index contributed by atoms with van der Waals surface area (Å²) in [6.45, 7) is 1.00. The largest absolute Gasteiger partial charge is 0.416 e. The normalized spacial score (nSPS) is 23.2. The lowest BCUT2D eigenvalue weighted by Crippen LogP contribution is -2.19. The van der Waals surface area contributed by atoms with Crippen LogP contribution in [0.25, 0.3) is 0 Å². The number of nitrogens with zero attached hydrogens (tertiary/aromatic N) is 1. The highest BCUT2D eigenvalue weighted by atomic mass is 19.4. The van der Waals surface area contributed by atoms with Gasteiger partial charge in [-0.25, -0.2) is 0 Å². The zero-order valence-corrected chi connectivity index (χ0v) is 9.87. The maximum absolute atomic E-state index is 12.5. The Morgan fingerprint density at radius 3 is 2.50 bits per heavy atom. The molecule has 1 unspecified atom stereocenters. The number of alkyl halides is 3. The third-order valence-electron chi connectivity index (χ3n) is 3.79. The standard InChI is InChI=1S/C14H14F3N/c15-14(16,17)11-5-3-10(4-6-11)13-8-7-12-2-1-9-18(12)13/h2-6,13H,1,7-9H2. The van der Waals surface area contributed by atoms with Crippen molar-refractivity contribution >= 4 is 0 Å². The molecule has 1 aromatic rings. The first-order chi connectivity index (χ1) is 8.55. The SMILES string of the molecule is FC(F)(F)c1ccc(C2CCC3=CCCN32)cc1. The fourth-order valence-corrected chi connectivity index (χ4v) is 2.91. The van der Waals surface area contributed by atoms with E-state index in [4.69, 9.17) is 0 Å². The molecule has 4 heteroatoms. The smallest absolute Gasteiger partial charge is 0.368 e. The number of fused-ring (bicyclic) bond motifs is 1. The van der Waals surface area contributed by atoms with Crippen molar-refractivity contribution in [3.63, 3.8) is 0 Å². The van der Waals surface area contributed by atoms with Gasteiger partial charge in [0.1, 0.15) is 0 Å². The lowest BCUT2D eigenvalue weighted by Gasteiger charge is -2.24. The average molecular weight is 253 g/mol. The number of hydrogen-bond acceptors (Lipinski definition) is 1. The van der Waals surface area contributed by atoms with Gasteiger partial charge in [-0.3, -0.25) is 0 Å². The minimum Gasteiger partial charge on any atom is -0.368 e. The summed E-state index contributed by atoms with van der Waals surface area (Å²) in [4.78, 5) is 2.32. The van der Waals surface area contributed by atoms with Crippen LogP contribution in [-0.4, -0.2) is 11.4 Å². The first-order valence-electron chi connectivity index (χ1n) is 6.18. The van der Waals surface area contributed by atoms with E-state index in [1.165, 1.54) is 17.8 Å². The van der Waals surface area contributed by atoms with Crippen molar-refractivity contribution < 1.29 is 13.2 Å². The molecule has 0 saturated carbocycles. The summed E-state index contributed by atoms with van der Waals surface area (Å²) in [5, 5.41) is 0. The van der Waals surface area contributed by atoms with Gasteiger partial charge >= 0.3 is 6.18 Å². The molecule has 1 nitrogen and oxygen atoms in total. The van der Waals surface area contributed by atoms with E-state index in [9.17, 15) is 13.2 Å². The second kappa shape index (κ2) is 4.04. The summed E-state index contributed by atoms with van der Waals surface area (Å²) < 4.78 is 37.5. The Balaban J connectivity index is 1.84. The predicted molar refractivity (Wildman–Crippen MR) is 62.8 cm³/mol. The van der Waals surface area contributed by atoms with Crippen LogP contribution in [0.15, 0.2) is 36.0 Å². The van der Waals surface area contributed by atoms with E-state index in [1.807, 2.05) is 0 Å². The molecule has 0 spiro atoms. The summed E-state index contributed by atoms with van der Waals surface area (Å²) in [5.41, 5.74) is 1.79. The topological polar surface area (TPSA) is 3.24 Å². The van der Waals surface area contributed by atoms with Gasteiger partial charge in [0.25, 0.3) is 0 Å². The minimum absolute atomic E-state index is 0.265. The molecule has 0 aromatic heterocycles. The average Bonchev–Trinajstić information content (AvgIpc) is 2.89. The maximum atomic E-state index is 12.5. The summed E-state index contributed by atoms with van der Waals surface area (Å²) in [6.07, 6.45) is 1.12. The van der Waals surface area contributed by atoms with Crippen LogP contribution in [0, 0.1) is 0 Å². The monoisotopic (exact) mass is 253 g/mol. The molecule has 3 rings (SSSR count). The molecule has 2 aliphatic heterocycles. The summed E-state index contributed by atoms with van der Waals surface area (Å²) >= 11 is 0. The fraction of sp³-hybridized carbons (Fsp3) is 0.429. The highest BCUT2D eigenvalue weighted by Crippen LogP contribution is 2.41. The highest BCUT2D eigenvalue weighted by molar-refractivity contribution is 5.30. The van der Waals surface area contributed by atoms with Crippen LogP contribution in [0.3, 0.4) is 0 Å². The Labute approximate surface area is 104 Å². The molecule has 2 heterocycles. The maximum Gasteiger partial charge on any atom is 0.416 e. The van der Waals surface area contributed by atoms with Gasteiger partial charge in [-0.05, 0) is 37.0 Å². The fourth-order valence-electron chi connectivity index (χ4n) is 2.91. The van der Waals surface area contributed by atoms with Gasteiger partial charge in [0.2, 0.25) is 0 Å². The van der Waals surface area contributed by atoms with Crippen LogP contribution in [0.4, 0.5) is 13.2 Å². The quantitative estimate of drug-likeness (QED) is 0.727. The van der Waals surface area contributed by atoms with Crippen molar-refractivity contribution in [2.45, 2.75) is 31.5 Å². The Hall–Kier alpha value is -1.45. The van der Waals surface area contributed by atoms with E-state index in [0.717, 1.165) is 31.4 Å². The minimum atomic E-state index is -4.24. The molecular weight excluding hydrogens is 239 g/mol. The Bertz CT molecular complexity index is 473. The summed E-state index contributed by atoms with van der Waals surface area (Å²) in [6, 6.07) is 5.88. The second-order valence-electron chi connectivity index (χ2n) is 4.85. The summed E-state index contributed by atoms with van der Waals surface area (Å²) in [7, 11) is 0. The number of halogens is 3. The van der Waals surface area contributed by atoms with Crippen molar-refractivity contribution in [1.29, 1.82) is 0 Å². The lowest BCUT2D eigenvalue weighted by molar-refractivity contribution is -0.137. The number of rotatable bonds is 1. The molecule has 18 heavy (non-hydrogen) atoms. The van der Waals surface area contributed by atoms with Crippen LogP contribution in [-0.2, 0) is 6.18 Å². The van der Waals surface area contributed by atoms with Crippen molar-refractivity contribution in [1.82, 2.24) is 4.90 Å².